The van der Waals surface area contributed by atoms with E-state index in [4.69, 9.17) is 0 Å². The van der Waals surface area contributed by atoms with Crippen LogP contribution in [-0.4, -0.2) is 57.7 Å². The van der Waals surface area contributed by atoms with Gasteiger partial charge in [0.15, 0.2) is 0 Å². The molecule has 26 heavy (non-hydrogen) atoms. The molecule has 0 radical (unpaired) electrons. The number of benzene rings is 1. The summed E-state index contributed by atoms with van der Waals surface area (Å²) >= 11 is 0. The highest BCUT2D eigenvalue weighted by Gasteiger charge is 2.28. The molecule has 1 aromatic carbocycles. The van der Waals surface area contributed by atoms with Gasteiger partial charge in [-0.05, 0) is 70.1 Å². The minimum Gasteiger partial charge on any atom is -0.354 e. The maximum absolute atomic E-state index is 13.1. The molecule has 2 rings (SSSR count). The van der Waals surface area contributed by atoms with Gasteiger partial charge in [-0.2, -0.15) is 0 Å². The van der Waals surface area contributed by atoms with Crippen LogP contribution >= 0.6 is 0 Å². The van der Waals surface area contributed by atoms with Gasteiger partial charge in [-0.3, -0.25) is 9.10 Å². The van der Waals surface area contributed by atoms with Crippen molar-refractivity contribution in [2.45, 2.75) is 38.6 Å². The zero-order valence-corrected chi connectivity index (χ0v) is 16.3. The fourth-order valence-corrected chi connectivity index (χ4v) is 4.42. The summed E-state index contributed by atoms with van der Waals surface area (Å²) < 4.78 is 38.4. The molecule has 1 aliphatic heterocycles. The van der Waals surface area contributed by atoms with Gasteiger partial charge in [-0.1, -0.05) is 6.42 Å². The topological polar surface area (TPSA) is 69.7 Å². The van der Waals surface area contributed by atoms with E-state index >= 15 is 0 Å². The number of sulfonamides is 1. The Hall–Kier alpha value is -1.67. The summed E-state index contributed by atoms with van der Waals surface area (Å²) in [6, 6.07) is 4.16. The minimum atomic E-state index is -3.68. The molecular formula is C18H28FN3O3S. The Morgan fingerprint density at radius 1 is 1.23 bits per heavy atom. The van der Waals surface area contributed by atoms with Gasteiger partial charge in [0.25, 0.3) is 0 Å². The number of nitrogens with zero attached hydrogens (tertiary/aromatic N) is 2. The molecule has 1 amide bonds. The Morgan fingerprint density at radius 2 is 1.85 bits per heavy atom. The van der Waals surface area contributed by atoms with Crippen LogP contribution in [0.3, 0.4) is 0 Å². The normalized spacial score (nSPS) is 16.9. The number of hydrogen-bond donors (Lipinski definition) is 1. The van der Waals surface area contributed by atoms with Crippen molar-refractivity contribution in [1.29, 1.82) is 0 Å². The highest BCUT2D eigenvalue weighted by atomic mass is 32.2. The average Bonchev–Trinajstić information content (AvgIpc) is 2.60. The molecule has 1 saturated heterocycles. The minimum absolute atomic E-state index is 0.268. The average molecular weight is 386 g/mol. The van der Waals surface area contributed by atoms with Crippen molar-refractivity contribution in [2.75, 3.05) is 36.7 Å². The van der Waals surface area contributed by atoms with Crippen molar-refractivity contribution in [3.05, 3.63) is 30.1 Å². The number of piperidine rings is 1. The molecule has 1 fully saturated rings. The first kappa shape index (κ1) is 20.6. The van der Waals surface area contributed by atoms with E-state index in [0.29, 0.717) is 6.54 Å². The fraction of sp³-hybridized carbons (Fsp3) is 0.611. The van der Waals surface area contributed by atoms with Crippen molar-refractivity contribution >= 4 is 21.6 Å². The van der Waals surface area contributed by atoms with Crippen LogP contribution in [-0.2, 0) is 14.8 Å². The van der Waals surface area contributed by atoms with Crippen LogP contribution in [0, 0.1) is 5.82 Å². The highest BCUT2D eigenvalue weighted by molar-refractivity contribution is 7.92. The zero-order chi connectivity index (χ0) is 19.2. The first-order chi connectivity index (χ1) is 12.3. The lowest BCUT2D eigenvalue weighted by Crippen LogP contribution is -2.48. The summed E-state index contributed by atoms with van der Waals surface area (Å²) in [4.78, 5) is 14.8. The van der Waals surface area contributed by atoms with Crippen molar-refractivity contribution in [3.8, 4) is 0 Å². The fourth-order valence-electron chi connectivity index (χ4n) is 3.24. The number of rotatable bonds is 8. The second-order valence-electron chi connectivity index (χ2n) is 6.76. The summed E-state index contributed by atoms with van der Waals surface area (Å²) in [5.41, 5.74) is 0.268. The Kier molecular flexibility index (Phi) is 7.40. The third-order valence-corrected chi connectivity index (χ3v) is 5.81. The molecule has 0 aliphatic carbocycles. The molecule has 0 spiro atoms. The van der Waals surface area contributed by atoms with E-state index in [0.717, 1.165) is 36.6 Å². The third-order valence-electron chi connectivity index (χ3n) is 4.57. The molecule has 8 heteroatoms. The maximum Gasteiger partial charge on any atom is 0.243 e. The summed E-state index contributed by atoms with van der Waals surface area (Å²) in [6.07, 6.45) is 5.61. The second-order valence-corrected chi connectivity index (χ2v) is 8.62. The Morgan fingerprint density at radius 3 is 2.42 bits per heavy atom. The number of nitrogens with one attached hydrogen (secondary N) is 1. The zero-order valence-electron chi connectivity index (χ0n) is 15.4. The lowest BCUT2D eigenvalue weighted by molar-refractivity contribution is -0.121. The van der Waals surface area contributed by atoms with Crippen LogP contribution in [0.15, 0.2) is 24.3 Å². The van der Waals surface area contributed by atoms with E-state index < -0.39 is 21.9 Å². The molecule has 1 atom stereocenters. The number of amides is 1. The van der Waals surface area contributed by atoms with Gasteiger partial charge in [-0.25, -0.2) is 12.8 Å². The molecule has 1 aliphatic rings. The Balaban J connectivity index is 1.91. The van der Waals surface area contributed by atoms with E-state index in [1.54, 1.807) is 0 Å². The van der Waals surface area contributed by atoms with Gasteiger partial charge >= 0.3 is 0 Å². The summed E-state index contributed by atoms with van der Waals surface area (Å²) in [5.74, 6) is -0.824. The molecule has 1 aromatic rings. The van der Waals surface area contributed by atoms with Crippen molar-refractivity contribution in [3.63, 3.8) is 0 Å². The molecule has 6 nitrogen and oxygen atoms in total. The van der Waals surface area contributed by atoms with E-state index in [2.05, 4.69) is 10.2 Å². The summed E-state index contributed by atoms with van der Waals surface area (Å²) in [6.45, 7) is 5.18. The smallest absolute Gasteiger partial charge is 0.243 e. The van der Waals surface area contributed by atoms with Crippen LogP contribution in [0.2, 0.25) is 0 Å². The van der Waals surface area contributed by atoms with Crippen LogP contribution in [0.1, 0.15) is 32.6 Å². The van der Waals surface area contributed by atoms with Gasteiger partial charge in [0, 0.05) is 6.54 Å². The lowest BCUT2D eigenvalue weighted by Gasteiger charge is -2.28. The highest BCUT2D eigenvalue weighted by Crippen LogP contribution is 2.21. The van der Waals surface area contributed by atoms with Crippen molar-refractivity contribution in [1.82, 2.24) is 10.2 Å². The van der Waals surface area contributed by atoms with Gasteiger partial charge in [0.05, 0.1) is 11.9 Å². The van der Waals surface area contributed by atoms with Gasteiger partial charge in [0.2, 0.25) is 15.9 Å². The van der Waals surface area contributed by atoms with Crippen LogP contribution < -0.4 is 9.62 Å². The molecule has 146 valence electrons. The molecular weight excluding hydrogens is 357 g/mol. The molecule has 1 N–H and O–H groups in total. The number of carbonyl (C=O) groups is 1. The summed E-state index contributed by atoms with van der Waals surface area (Å²) in [5, 5.41) is 2.81. The van der Waals surface area contributed by atoms with Crippen LogP contribution in [0.4, 0.5) is 10.1 Å². The maximum atomic E-state index is 13.1. The Bertz CT molecular complexity index is 688. The SMILES string of the molecule is C[C@@H](C(=O)NCCCN1CCCCC1)N(c1ccc(F)cc1)S(C)(=O)=O. The van der Waals surface area contributed by atoms with E-state index in [1.165, 1.54) is 50.5 Å². The molecule has 0 bridgehead atoms. The molecule has 1 heterocycles. The first-order valence-corrected chi connectivity index (χ1v) is 10.9. The number of anilines is 1. The number of halogens is 1. The van der Waals surface area contributed by atoms with Gasteiger partial charge in [0.1, 0.15) is 11.9 Å². The van der Waals surface area contributed by atoms with E-state index in [9.17, 15) is 17.6 Å². The van der Waals surface area contributed by atoms with Gasteiger partial charge < -0.3 is 10.2 Å². The predicted octanol–water partition coefficient (Wildman–Crippen LogP) is 1.97. The number of hydrogen-bond acceptors (Lipinski definition) is 4. The quantitative estimate of drug-likeness (QED) is 0.695. The predicted molar refractivity (Wildman–Crippen MR) is 101 cm³/mol. The van der Waals surface area contributed by atoms with E-state index in [-0.39, 0.29) is 11.6 Å². The van der Waals surface area contributed by atoms with Crippen LogP contribution in [0.5, 0.6) is 0 Å². The van der Waals surface area contributed by atoms with Gasteiger partial charge in [-0.15, -0.1) is 0 Å². The van der Waals surface area contributed by atoms with Crippen LogP contribution in [0.25, 0.3) is 0 Å². The number of carbonyl (C=O) groups excluding carboxylic acids is 1. The third kappa shape index (κ3) is 5.95. The number of likely N-dealkylation sites (tertiary alicyclic amines) is 1. The summed E-state index contributed by atoms with van der Waals surface area (Å²) in [7, 11) is -3.68. The largest absolute Gasteiger partial charge is 0.354 e. The standard InChI is InChI=1S/C18H28FN3O3S/c1-15(18(23)20-11-6-14-21-12-4-3-5-13-21)22(26(2,24)25)17-9-7-16(19)8-10-17/h7-10,15H,3-6,11-14H2,1-2H3,(H,20,23)/t15-/m0/s1. The molecule has 0 saturated carbocycles. The molecule has 0 aromatic heterocycles. The molecule has 0 unspecified atom stereocenters. The van der Waals surface area contributed by atoms with E-state index in [1.807, 2.05) is 0 Å². The Labute approximate surface area is 155 Å². The second kappa shape index (κ2) is 9.32. The first-order valence-electron chi connectivity index (χ1n) is 9.04. The van der Waals surface area contributed by atoms with Crippen molar-refractivity contribution < 1.29 is 17.6 Å². The lowest BCUT2D eigenvalue weighted by atomic mass is 10.1. The van der Waals surface area contributed by atoms with Crippen molar-refractivity contribution in [2.24, 2.45) is 0 Å². The monoisotopic (exact) mass is 385 g/mol.